The van der Waals surface area contributed by atoms with Gasteiger partial charge in [0.15, 0.2) is 0 Å². The van der Waals surface area contributed by atoms with Crippen LogP contribution in [0.15, 0.2) is 164 Å². The van der Waals surface area contributed by atoms with E-state index < -0.39 is 6.15 Å². The van der Waals surface area contributed by atoms with E-state index in [4.69, 9.17) is 0 Å². The predicted octanol–water partition coefficient (Wildman–Crippen LogP) is 5.02. The Kier molecular flexibility index (Phi) is 10.9. The molecule has 0 aliphatic carbocycles. The second-order valence-corrected chi connectivity index (χ2v) is 11.8. The number of nitrogens with zero attached hydrogens (tertiary/aromatic N) is 1. The Morgan fingerprint density at radius 2 is 0.930 bits per heavy atom. The first kappa shape index (κ1) is 31.3. The number of amides is 1. The van der Waals surface area contributed by atoms with Crippen molar-refractivity contribution in [3.05, 3.63) is 169 Å². The molecule has 0 fully saturated rings. The van der Waals surface area contributed by atoms with Gasteiger partial charge >= 0.3 is 0 Å². The van der Waals surface area contributed by atoms with Crippen molar-refractivity contribution in [1.82, 2.24) is 5.32 Å². The van der Waals surface area contributed by atoms with Crippen LogP contribution in [-0.2, 0) is 11.3 Å². The van der Waals surface area contributed by atoms with Gasteiger partial charge in [0.1, 0.15) is 12.7 Å². The minimum Gasteiger partial charge on any atom is -0.347 e. The summed E-state index contributed by atoms with van der Waals surface area (Å²) in [5.41, 5.74) is 7.23. The van der Waals surface area contributed by atoms with Gasteiger partial charge in [0.05, 0.1) is 27.2 Å². The van der Waals surface area contributed by atoms with Crippen molar-refractivity contribution in [1.29, 1.82) is 0 Å². The Labute approximate surface area is 258 Å². The van der Waals surface area contributed by atoms with Gasteiger partial charge < -0.3 is 9.80 Å². The fourth-order valence-electron chi connectivity index (χ4n) is 5.90. The molecule has 0 bridgehead atoms. The van der Waals surface area contributed by atoms with E-state index in [0.717, 1.165) is 17.6 Å². The van der Waals surface area contributed by atoms with Crippen LogP contribution in [0.25, 0.3) is 0 Å². The number of carbonyl (C=O) groups excluding carboxylic acids is 1. The Bertz CT molecular complexity index is 1390. The number of likely N-dealkylation sites (N-methyl/N-ethyl adjacent to an activating group) is 1. The molecule has 0 atom stereocenters. The molecule has 0 radical (unpaired) electrons. The van der Waals surface area contributed by atoms with Crippen LogP contribution >= 0.6 is 0 Å². The summed E-state index contributed by atoms with van der Waals surface area (Å²) >= 11 is 0. The lowest BCUT2D eigenvalue weighted by atomic mass is 9.13. The smallest absolute Gasteiger partial charge is 0.246 e. The minimum absolute atomic E-state index is 0.0605. The topological polar surface area (TPSA) is 29.1 Å². The Morgan fingerprint density at radius 1 is 0.605 bits per heavy atom. The van der Waals surface area contributed by atoms with Crippen molar-refractivity contribution >= 4 is 33.9 Å². The molecule has 0 spiro atoms. The zero-order chi connectivity index (χ0) is 30.5. The summed E-state index contributed by atoms with van der Waals surface area (Å²) in [6.07, 6.45) is -1.22. The molecule has 0 aliphatic heterocycles. The lowest BCUT2D eigenvalue weighted by molar-refractivity contribution is -0.902. The minimum atomic E-state index is -1.22. The Morgan fingerprint density at radius 3 is 1.26 bits per heavy atom. The van der Waals surface area contributed by atoms with E-state index in [0.29, 0.717) is 12.1 Å². The van der Waals surface area contributed by atoms with E-state index in [-0.39, 0.29) is 5.91 Å². The number of hydrogen-bond acceptors (Lipinski definition) is 1. The molecule has 0 heterocycles. The summed E-state index contributed by atoms with van der Waals surface area (Å²) in [5, 5.41) is 2.87. The summed E-state index contributed by atoms with van der Waals surface area (Å²) in [6.45, 7) is 7.87. The van der Waals surface area contributed by atoms with Crippen molar-refractivity contribution in [3.8, 4) is 0 Å². The largest absolute Gasteiger partial charge is 0.347 e. The number of rotatable bonds is 10. The number of benzene rings is 5. The van der Waals surface area contributed by atoms with Crippen LogP contribution in [0.5, 0.6) is 0 Å². The number of carbonyl (C=O) groups is 1. The van der Waals surface area contributed by atoms with Gasteiger partial charge in [0.2, 0.25) is 5.91 Å². The van der Waals surface area contributed by atoms with E-state index in [1.165, 1.54) is 27.4 Å². The molecule has 0 saturated carbocycles. The van der Waals surface area contributed by atoms with Crippen molar-refractivity contribution in [2.75, 3.05) is 27.2 Å². The van der Waals surface area contributed by atoms with Crippen LogP contribution in [0.2, 0.25) is 0 Å². The molecule has 0 unspecified atom stereocenters. The van der Waals surface area contributed by atoms with Crippen LogP contribution in [0.3, 0.4) is 0 Å². The van der Waals surface area contributed by atoms with Crippen molar-refractivity contribution in [3.63, 3.8) is 0 Å². The maximum absolute atomic E-state index is 11.4. The van der Waals surface area contributed by atoms with Gasteiger partial charge in [-0.25, -0.2) is 0 Å². The summed E-state index contributed by atoms with van der Waals surface area (Å²) in [7, 11) is 4.33. The molecule has 1 amide bonds. The number of hydrogen-bond donors (Lipinski definition) is 1. The van der Waals surface area contributed by atoms with E-state index in [9.17, 15) is 4.79 Å². The molecule has 3 nitrogen and oxygen atoms in total. The standard InChI is InChI=1S/C24H20B.C15H22N2O/c1-5-13-21(14-6-1)25(22-15-7-2-8-16-22,23-17-9-3-10-18-23)24-19-11-4-12-20-24;1-13(2)15(18)16-10-11-17(3,4)12-14-8-6-5-7-9-14/h1-20H;5-9H,1,10-12H2,2-4H3/q-1;/p+1. The first-order valence-corrected chi connectivity index (χ1v) is 15.0. The van der Waals surface area contributed by atoms with E-state index in [2.05, 4.69) is 172 Å². The van der Waals surface area contributed by atoms with Crippen molar-refractivity contribution in [2.24, 2.45) is 0 Å². The fraction of sp³-hybridized carbons (Fsp3) is 0.154. The highest BCUT2D eigenvalue weighted by atomic mass is 16.1. The van der Waals surface area contributed by atoms with Crippen LogP contribution in [0.1, 0.15) is 12.5 Å². The molecule has 0 aliphatic rings. The Hall–Kier alpha value is -4.67. The molecule has 5 aromatic rings. The third kappa shape index (κ3) is 8.21. The summed E-state index contributed by atoms with van der Waals surface area (Å²) in [5.74, 6) is -0.0605. The average molecular weight is 567 g/mol. The lowest BCUT2D eigenvalue weighted by Gasteiger charge is -2.44. The zero-order valence-corrected chi connectivity index (χ0v) is 25.7. The molecule has 43 heavy (non-hydrogen) atoms. The normalized spacial score (nSPS) is 11.1. The maximum Gasteiger partial charge on any atom is 0.246 e. The first-order valence-electron chi connectivity index (χ1n) is 15.0. The highest BCUT2D eigenvalue weighted by Crippen LogP contribution is 2.10. The zero-order valence-electron chi connectivity index (χ0n) is 25.7. The monoisotopic (exact) mass is 566 g/mol. The van der Waals surface area contributed by atoms with Gasteiger partial charge in [0.25, 0.3) is 0 Å². The highest BCUT2D eigenvalue weighted by Gasteiger charge is 2.31. The molecule has 1 N–H and O–H groups in total. The van der Waals surface area contributed by atoms with Crippen LogP contribution in [0.4, 0.5) is 0 Å². The van der Waals surface area contributed by atoms with Crippen LogP contribution in [0, 0.1) is 0 Å². The van der Waals surface area contributed by atoms with E-state index in [1.807, 2.05) is 6.07 Å². The molecule has 218 valence electrons. The average Bonchev–Trinajstić information content (AvgIpc) is 3.04. The summed E-state index contributed by atoms with van der Waals surface area (Å²) in [6, 6.07) is 53.9. The van der Waals surface area contributed by atoms with Crippen molar-refractivity contribution in [2.45, 2.75) is 13.5 Å². The van der Waals surface area contributed by atoms with Crippen molar-refractivity contribution < 1.29 is 9.28 Å². The quantitative estimate of drug-likeness (QED) is 0.144. The second kappa shape index (κ2) is 15.0. The molecule has 4 heteroatoms. The molecule has 5 rings (SSSR count). The summed E-state index contributed by atoms with van der Waals surface area (Å²) in [4.78, 5) is 11.4. The van der Waals surface area contributed by atoms with Gasteiger partial charge in [-0.1, -0.05) is 158 Å². The third-order valence-electron chi connectivity index (χ3n) is 8.04. The molecule has 5 aromatic carbocycles. The van der Waals surface area contributed by atoms with E-state index >= 15 is 0 Å². The van der Waals surface area contributed by atoms with Gasteiger partial charge in [-0.05, 0) is 6.92 Å². The highest BCUT2D eigenvalue weighted by molar-refractivity contribution is 7.19. The third-order valence-corrected chi connectivity index (χ3v) is 8.04. The number of quaternary nitrogens is 1. The maximum atomic E-state index is 11.4. The molecular formula is C39H43BN2O. The van der Waals surface area contributed by atoms with E-state index in [1.54, 1.807) is 6.92 Å². The summed E-state index contributed by atoms with van der Waals surface area (Å²) < 4.78 is 0.848. The number of nitrogens with one attached hydrogen (secondary N) is 1. The molecular weight excluding hydrogens is 523 g/mol. The first-order chi connectivity index (χ1) is 20.8. The van der Waals surface area contributed by atoms with Gasteiger partial charge in [-0.3, -0.25) is 4.79 Å². The SMILES string of the molecule is C=C(C)C(=O)NCC[N+](C)(C)Cc1ccccc1.c1ccc([B-](c2ccccc2)(c2ccccc2)c2ccccc2)cc1. The molecule has 0 saturated heterocycles. The van der Waals surface area contributed by atoms with Gasteiger partial charge in [-0.15, -0.1) is 0 Å². The second-order valence-electron chi connectivity index (χ2n) is 11.8. The molecule has 0 aromatic heterocycles. The van der Waals surface area contributed by atoms with Crippen LogP contribution < -0.4 is 27.2 Å². The van der Waals surface area contributed by atoms with Gasteiger partial charge in [0, 0.05) is 11.1 Å². The predicted molar refractivity (Wildman–Crippen MR) is 185 cm³/mol. The fourth-order valence-corrected chi connectivity index (χ4v) is 5.90. The van der Waals surface area contributed by atoms with Crippen LogP contribution in [-0.4, -0.2) is 43.7 Å². The Balaban J connectivity index is 0.000000209. The van der Waals surface area contributed by atoms with Gasteiger partial charge in [-0.2, -0.15) is 21.9 Å². The lowest BCUT2D eigenvalue weighted by Crippen LogP contribution is -2.74.